The van der Waals surface area contributed by atoms with Crippen LogP contribution in [0, 0.1) is 11.3 Å². The molecule has 0 aliphatic carbocycles. The molecule has 0 aromatic carbocycles. The SMILES string of the molecule is CC(C)(C)C(N)CC1CCNCC1. The summed E-state index contributed by atoms with van der Waals surface area (Å²) in [7, 11) is 0. The molecule has 0 amide bonds. The molecule has 0 bridgehead atoms. The lowest BCUT2D eigenvalue weighted by molar-refractivity contribution is 0.242. The number of hydrogen-bond acceptors (Lipinski definition) is 2. The molecule has 0 aromatic rings. The van der Waals surface area contributed by atoms with E-state index in [1.165, 1.54) is 32.4 Å². The summed E-state index contributed by atoms with van der Waals surface area (Å²) in [6.07, 6.45) is 3.82. The van der Waals surface area contributed by atoms with E-state index < -0.39 is 0 Å². The molecular weight excluding hydrogens is 160 g/mol. The highest BCUT2D eigenvalue weighted by Gasteiger charge is 2.24. The van der Waals surface area contributed by atoms with Gasteiger partial charge in [0, 0.05) is 6.04 Å². The largest absolute Gasteiger partial charge is 0.327 e. The Morgan fingerprint density at radius 3 is 2.31 bits per heavy atom. The van der Waals surface area contributed by atoms with Crippen LogP contribution in [0.2, 0.25) is 0 Å². The second-order valence-corrected chi connectivity index (χ2v) is 5.40. The minimum Gasteiger partial charge on any atom is -0.327 e. The fraction of sp³-hybridized carbons (Fsp3) is 1.00. The lowest BCUT2D eigenvalue weighted by atomic mass is 9.80. The van der Waals surface area contributed by atoms with Gasteiger partial charge in [-0.25, -0.2) is 0 Å². The van der Waals surface area contributed by atoms with E-state index in [9.17, 15) is 0 Å². The smallest absolute Gasteiger partial charge is 0.00902 e. The molecule has 13 heavy (non-hydrogen) atoms. The molecule has 0 aromatic heterocycles. The van der Waals surface area contributed by atoms with Crippen molar-refractivity contribution in [1.82, 2.24) is 5.32 Å². The van der Waals surface area contributed by atoms with Crippen molar-refractivity contribution in [3.8, 4) is 0 Å². The van der Waals surface area contributed by atoms with Crippen LogP contribution in [-0.2, 0) is 0 Å². The number of nitrogens with one attached hydrogen (secondary N) is 1. The maximum Gasteiger partial charge on any atom is 0.00902 e. The molecule has 1 heterocycles. The Balaban J connectivity index is 2.30. The van der Waals surface area contributed by atoms with Gasteiger partial charge < -0.3 is 11.1 Å². The summed E-state index contributed by atoms with van der Waals surface area (Å²) in [5, 5.41) is 3.39. The second kappa shape index (κ2) is 4.43. The summed E-state index contributed by atoms with van der Waals surface area (Å²) in [5.74, 6) is 0.857. The highest BCUT2D eigenvalue weighted by molar-refractivity contribution is 4.81. The summed E-state index contributed by atoms with van der Waals surface area (Å²) in [6, 6.07) is 0.357. The summed E-state index contributed by atoms with van der Waals surface area (Å²) in [4.78, 5) is 0. The van der Waals surface area contributed by atoms with E-state index in [2.05, 4.69) is 26.1 Å². The van der Waals surface area contributed by atoms with Gasteiger partial charge in [0.25, 0.3) is 0 Å². The van der Waals surface area contributed by atoms with Crippen molar-refractivity contribution in [2.75, 3.05) is 13.1 Å². The molecule has 1 aliphatic heterocycles. The molecule has 0 spiro atoms. The molecule has 1 aliphatic rings. The van der Waals surface area contributed by atoms with Crippen molar-refractivity contribution in [2.45, 2.75) is 46.1 Å². The topological polar surface area (TPSA) is 38.0 Å². The Morgan fingerprint density at radius 1 is 1.31 bits per heavy atom. The molecule has 1 atom stereocenters. The van der Waals surface area contributed by atoms with Crippen LogP contribution in [0.4, 0.5) is 0 Å². The Kier molecular flexibility index (Phi) is 3.74. The highest BCUT2D eigenvalue weighted by atomic mass is 14.9. The van der Waals surface area contributed by atoms with Gasteiger partial charge in [-0.3, -0.25) is 0 Å². The monoisotopic (exact) mass is 184 g/mol. The highest BCUT2D eigenvalue weighted by Crippen LogP contribution is 2.26. The van der Waals surface area contributed by atoms with E-state index in [-0.39, 0.29) is 5.41 Å². The summed E-state index contributed by atoms with van der Waals surface area (Å²) >= 11 is 0. The predicted molar refractivity (Wildman–Crippen MR) is 57.6 cm³/mol. The van der Waals surface area contributed by atoms with Gasteiger partial charge >= 0.3 is 0 Å². The molecule has 1 fully saturated rings. The van der Waals surface area contributed by atoms with Gasteiger partial charge in [-0.05, 0) is 43.7 Å². The van der Waals surface area contributed by atoms with Crippen LogP contribution in [0.25, 0.3) is 0 Å². The fourth-order valence-corrected chi connectivity index (χ4v) is 1.83. The Hall–Kier alpha value is -0.0800. The Labute approximate surface area is 82.3 Å². The molecule has 3 N–H and O–H groups in total. The van der Waals surface area contributed by atoms with E-state index in [4.69, 9.17) is 5.73 Å². The molecule has 1 unspecified atom stereocenters. The molecular formula is C11H24N2. The normalized spacial score (nSPS) is 23.1. The van der Waals surface area contributed by atoms with Gasteiger partial charge in [-0.1, -0.05) is 20.8 Å². The van der Waals surface area contributed by atoms with Gasteiger partial charge in [0.1, 0.15) is 0 Å². The molecule has 2 nitrogen and oxygen atoms in total. The number of nitrogens with two attached hydrogens (primary N) is 1. The summed E-state index contributed by atoms with van der Waals surface area (Å²) < 4.78 is 0. The average Bonchev–Trinajstić information content (AvgIpc) is 2.04. The quantitative estimate of drug-likeness (QED) is 0.686. The molecule has 0 radical (unpaired) electrons. The zero-order valence-corrected chi connectivity index (χ0v) is 9.27. The van der Waals surface area contributed by atoms with E-state index in [0.717, 1.165) is 5.92 Å². The van der Waals surface area contributed by atoms with Crippen molar-refractivity contribution >= 4 is 0 Å². The average molecular weight is 184 g/mol. The third kappa shape index (κ3) is 3.65. The van der Waals surface area contributed by atoms with Crippen LogP contribution in [-0.4, -0.2) is 19.1 Å². The maximum absolute atomic E-state index is 6.16. The molecule has 78 valence electrons. The first-order valence-electron chi connectivity index (χ1n) is 5.46. The van der Waals surface area contributed by atoms with Crippen LogP contribution in [0.15, 0.2) is 0 Å². The summed E-state index contributed by atoms with van der Waals surface area (Å²) in [6.45, 7) is 9.07. The maximum atomic E-state index is 6.16. The van der Waals surface area contributed by atoms with Crippen molar-refractivity contribution in [1.29, 1.82) is 0 Å². The first-order valence-corrected chi connectivity index (χ1v) is 5.46. The lowest BCUT2D eigenvalue weighted by Gasteiger charge is -2.32. The molecule has 2 heteroatoms. The zero-order valence-electron chi connectivity index (χ0n) is 9.27. The van der Waals surface area contributed by atoms with Crippen LogP contribution in [0.1, 0.15) is 40.0 Å². The minimum absolute atomic E-state index is 0.269. The first kappa shape index (κ1) is 11.0. The van der Waals surface area contributed by atoms with Gasteiger partial charge in [-0.2, -0.15) is 0 Å². The van der Waals surface area contributed by atoms with Gasteiger partial charge in [-0.15, -0.1) is 0 Å². The van der Waals surface area contributed by atoms with Crippen molar-refractivity contribution in [3.05, 3.63) is 0 Å². The Bertz CT molecular complexity index is 143. The van der Waals surface area contributed by atoms with E-state index in [1.54, 1.807) is 0 Å². The first-order chi connectivity index (χ1) is 6.00. The number of hydrogen-bond donors (Lipinski definition) is 2. The third-order valence-electron chi connectivity index (χ3n) is 3.16. The predicted octanol–water partition coefficient (Wildman–Crippen LogP) is 1.75. The Morgan fingerprint density at radius 2 is 1.85 bits per heavy atom. The van der Waals surface area contributed by atoms with Crippen LogP contribution < -0.4 is 11.1 Å². The van der Waals surface area contributed by atoms with E-state index in [1.807, 2.05) is 0 Å². The van der Waals surface area contributed by atoms with E-state index >= 15 is 0 Å². The van der Waals surface area contributed by atoms with Crippen LogP contribution >= 0.6 is 0 Å². The van der Waals surface area contributed by atoms with E-state index in [0.29, 0.717) is 6.04 Å². The molecule has 1 rings (SSSR count). The third-order valence-corrected chi connectivity index (χ3v) is 3.16. The summed E-state index contributed by atoms with van der Waals surface area (Å²) in [5.41, 5.74) is 6.43. The molecule has 1 saturated heterocycles. The lowest BCUT2D eigenvalue weighted by Crippen LogP contribution is -2.39. The zero-order chi connectivity index (χ0) is 9.90. The van der Waals surface area contributed by atoms with Gasteiger partial charge in [0.05, 0.1) is 0 Å². The second-order valence-electron chi connectivity index (χ2n) is 5.40. The van der Waals surface area contributed by atoms with Crippen molar-refractivity contribution in [2.24, 2.45) is 17.1 Å². The van der Waals surface area contributed by atoms with Crippen LogP contribution in [0.5, 0.6) is 0 Å². The number of rotatable bonds is 2. The number of piperidine rings is 1. The van der Waals surface area contributed by atoms with Crippen molar-refractivity contribution < 1.29 is 0 Å². The minimum atomic E-state index is 0.269. The van der Waals surface area contributed by atoms with Gasteiger partial charge in [0.2, 0.25) is 0 Å². The fourth-order valence-electron chi connectivity index (χ4n) is 1.83. The van der Waals surface area contributed by atoms with Gasteiger partial charge in [0.15, 0.2) is 0 Å². The molecule has 0 saturated carbocycles. The standard InChI is InChI=1S/C11H24N2/c1-11(2,3)10(12)8-9-4-6-13-7-5-9/h9-10,13H,4-8,12H2,1-3H3. The van der Waals surface area contributed by atoms with Crippen LogP contribution in [0.3, 0.4) is 0 Å². The van der Waals surface area contributed by atoms with Crippen molar-refractivity contribution in [3.63, 3.8) is 0 Å².